The molecule has 1 N–H and O–H groups in total. The molecule has 0 aromatic heterocycles. The van der Waals surface area contributed by atoms with Gasteiger partial charge in [-0.05, 0) is 30.6 Å². The normalized spacial score (nSPS) is 32.3. The zero-order valence-corrected chi connectivity index (χ0v) is 9.45. The van der Waals surface area contributed by atoms with Crippen molar-refractivity contribution in [1.29, 1.82) is 0 Å². The molecule has 0 bridgehead atoms. The van der Waals surface area contributed by atoms with Crippen LogP contribution in [0.2, 0.25) is 0 Å². The highest BCUT2D eigenvalue weighted by molar-refractivity contribution is 5.67. The van der Waals surface area contributed by atoms with Gasteiger partial charge < -0.3 is 5.11 Å². The molecule has 0 saturated heterocycles. The SMILES string of the molecule is O=C(O)CC1CCCC1CC1CCCC1. The minimum atomic E-state index is -0.599. The van der Waals surface area contributed by atoms with Gasteiger partial charge >= 0.3 is 5.97 Å². The summed E-state index contributed by atoms with van der Waals surface area (Å²) >= 11 is 0. The van der Waals surface area contributed by atoms with Gasteiger partial charge in [0.15, 0.2) is 0 Å². The first-order valence-corrected chi connectivity index (χ1v) is 6.47. The van der Waals surface area contributed by atoms with Crippen molar-refractivity contribution in [1.82, 2.24) is 0 Å². The number of rotatable bonds is 4. The first kappa shape index (κ1) is 11.0. The largest absolute Gasteiger partial charge is 0.481 e. The van der Waals surface area contributed by atoms with E-state index in [9.17, 15) is 4.79 Å². The minimum Gasteiger partial charge on any atom is -0.481 e. The molecule has 2 atom stereocenters. The van der Waals surface area contributed by atoms with Gasteiger partial charge in [-0.1, -0.05) is 38.5 Å². The van der Waals surface area contributed by atoms with Crippen molar-refractivity contribution in [2.24, 2.45) is 17.8 Å². The molecule has 2 heteroatoms. The van der Waals surface area contributed by atoms with E-state index in [-0.39, 0.29) is 0 Å². The summed E-state index contributed by atoms with van der Waals surface area (Å²) in [5.74, 6) is 1.54. The van der Waals surface area contributed by atoms with E-state index < -0.39 is 5.97 Å². The third-order valence-electron chi connectivity index (χ3n) is 4.36. The predicted molar refractivity (Wildman–Crippen MR) is 59.7 cm³/mol. The second-order valence-electron chi connectivity index (χ2n) is 5.44. The van der Waals surface area contributed by atoms with Crippen LogP contribution in [-0.2, 0) is 4.79 Å². The van der Waals surface area contributed by atoms with Crippen molar-refractivity contribution in [2.45, 2.75) is 57.8 Å². The molecule has 0 radical (unpaired) electrons. The molecule has 2 fully saturated rings. The topological polar surface area (TPSA) is 37.3 Å². The molecule has 0 aliphatic heterocycles. The lowest BCUT2D eigenvalue weighted by Crippen LogP contribution is -2.15. The Kier molecular flexibility index (Phi) is 3.66. The summed E-state index contributed by atoms with van der Waals surface area (Å²) in [5, 5.41) is 8.85. The Morgan fingerprint density at radius 2 is 1.67 bits per heavy atom. The van der Waals surface area contributed by atoms with Crippen LogP contribution in [0.4, 0.5) is 0 Å². The van der Waals surface area contributed by atoms with Crippen molar-refractivity contribution in [2.75, 3.05) is 0 Å². The first-order chi connectivity index (χ1) is 7.25. The van der Waals surface area contributed by atoms with Crippen molar-refractivity contribution in [3.63, 3.8) is 0 Å². The lowest BCUT2D eigenvalue weighted by atomic mass is 9.84. The molecule has 0 spiro atoms. The third-order valence-corrected chi connectivity index (χ3v) is 4.36. The summed E-state index contributed by atoms with van der Waals surface area (Å²) in [7, 11) is 0. The molecule has 2 rings (SSSR count). The van der Waals surface area contributed by atoms with Crippen LogP contribution < -0.4 is 0 Å². The van der Waals surface area contributed by atoms with Crippen molar-refractivity contribution >= 4 is 5.97 Å². The second kappa shape index (κ2) is 5.00. The van der Waals surface area contributed by atoms with Gasteiger partial charge in [0.05, 0.1) is 0 Å². The summed E-state index contributed by atoms with van der Waals surface area (Å²) in [4.78, 5) is 10.7. The number of hydrogen-bond donors (Lipinski definition) is 1. The lowest BCUT2D eigenvalue weighted by Gasteiger charge is -2.21. The van der Waals surface area contributed by atoms with Crippen LogP contribution in [0, 0.1) is 17.8 Å². The Morgan fingerprint density at radius 1 is 1.00 bits per heavy atom. The van der Waals surface area contributed by atoms with Crippen molar-refractivity contribution < 1.29 is 9.90 Å². The van der Waals surface area contributed by atoms with E-state index in [0.717, 1.165) is 18.3 Å². The quantitative estimate of drug-likeness (QED) is 0.771. The second-order valence-corrected chi connectivity index (χ2v) is 5.44. The van der Waals surface area contributed by atoms with E-state index in [1.54, 1.807) is 0 Å². The van der Waals surface area contributed by atoms with E-state index in [0.29, 0.717) is 12.3 Å². The van der Waals surface area contributed by atoms with E-state index in [2.05, 4.69) is 0 Å². The average molecular weight is 210 g/mol. The fraction of sp³-hybridized carbons (Fsp3) is 0.923. The molecule has 0 aromatic rings. The van der Waals surface area contributed by atoms with Gasteiger partial charge in [-0.3, -0.25) is 4.79 Å². The highest BCUT2D eigenvalue weighted by atomic mass is 16.4. The van der Waals surface area contributed by atoms with E-state index in [1.807, 2.05) is 0 Å². The lowest BCUT2D eigenvalue weighted by molar-refractivity contribution is -0.138. The molecule has 2 aliphatic rings. The zero-order chi connectivity index (χ0) is 10.7. The van der Waals surface area contributed by atoms with Gasteiger partial charge in [-0.15, -0.1) is 0 Å². The Labute approximate surface area is 92.1 Å². The van der Waals surface area contributed by atoms with Gasteiger partial charge in [-0.25, -0.2) is 0 Å². The Morgan fingerprint density at radius 3 is 2.33 bits per heavy atom. The summed E-state index contributed by atoms with van der Waals surface area (Å²) in [6.07, 6.45) is 11.0. The number of carbonyl (C=O) groups is 1. The molecular formula is C13H22O2. The van der Waals surface area contributed by atoms with Crippen LogP contribution in [0.15, 0.2) is 0 Å². The molecular weight excluding hydrogens is 188 g/mol. The number of aliphatic carboxylic acids is 1. The Hall–Kier alpha value is -0.530. The van der Waals surface area contributed by atoms with Gasteiger partial charge in [0, 0.05) is 6.42 Å². The van der Waals surface area contributed by atoms with Gasteiger partial charge in [0.25, 0.3) is 0 Å². The molecule has 86 valence electrons. The maximum absolute atomic E-state index is 10.7. The minimum absolute atomic E-state index is 0.414. The van der Waals surface area contributed by atoms with Gasteiger partial charge in [0.1, 0.15) is 0 Å². The molecule has 2 saturated carbocycles. The molecule has 2 unspecified atom stereocenters. The molecule has 15 heavy (non-hydrogen) atoms. The summed E-state index contributed by atoms with van der Waals surface area (Å²) in [6.45, 7) is 0. The maximum atomic E-state index is 10.7. The molecule has 2 nitrogen and oxygen atoms in total. The van der Waals surface area contributed by atoms with E-state index >= 15 is 0 Å². The maximum Gasteiger partial charge on any atom is 0.303 e. The summed E-state index contributed by atoms with van der Waals surface area (Å²) < 4.78 is 0. The Balaban J connectivity index is 1.81. The zero-order valence-electron chi connectivity index (χ0n) is 9.45. The standard InChI is InChI=1S/C13H22O2/c14-13(15)9-12-7-3-6-11(12)8-10-4-1-2-5-10/h10-12H,1-9H2,(H,14,15). The van der Waals surface area contributed by atoms with Gasteiger partial charge in [0.2, 0.25) is 0 Å². The van der Waals surface area contributed by atoms with Gasteiger partial charge in [-0.2, -0.15) is 0 Å². The van der Waals surface area contributed by atoms with Crippen molar-refractivity contribution in [3.05, 3.63) is 0 Å². The number of carboxylic acid groups (broad SMARTS) is 1. The smallest absolute Gasteiger partial charge is 0.303 e. The highest BCUT2D eigenvalue weighted by Crippen LogP contribution is 2.41. The van der Waals surface area contributed by atoms with Crippen LogP contribution in [0.3, 0.4) is 0 Å². The number of hydrogen-bond acceptors (Lipinski definition) is 1. The molecule has 0 heterocycles. The predicted octanol–water partition coefficient (Wildman–Crippen LogP) is 3.46. The summed E-state index contributed by atoms with van der Waals surface area (Å²) in [6, 6.07) is 0. The molecule has 2 aliphatic carbocycles. The van der Waals surface area contributed by atoms with Crippen LogP contribution in [0.5, 0.6) is 0 Å². The van der Waals surface area contributed by atoms with E-state index in [4.69, 9.17) is 5.11 Å². The Bertz CT molecular complexity index is 219. The van der Waals surface area contributed by atoms with Crippen LogP contribution in [0.1, 0.15) is 57.8 Å². The number of carboxylic acids is 1. The first-order valence-electron chi connectivity index (χ1n) is 6.47. The van der Waals surface area contributed by atoms with E-state index in [1.165, 1.54) is 44.9 Å². The monoisotopic (exact) mass is 210 g/mol. The third kappa shape index (κ3) is 2.96. The molecule has 0 amide bonds. The fourth-order valence-electron chi connectivity index (χ4n) is 3.59. The van der Waals surface area contributed by atoms with Crippen LogP contribution in [-0.4, -0.2) is 11.1 Å². The average Bonchev–Trinajstić information content (AvgIpc) is 2.78. The van der Waals surface area contributed by atoms with Crippen molar-refractivity contribution in [3.8, 4) is 0 Å². The fourth-order valence-corrected chi connectivity index (χ4v) is 3.59. The van der Waals surface area contributed by atoms with Crippen LogP contribution >= 0.6 is 0 Å². The molecule has 0 aromatic carbocycles. The summed E-state index contributed by atoms with van der Waals surface area (Å²) in [5.41, 5.74) is 0. The van der Waals surface area contributed by atoms with Crippen LogP contribution in [0.25, 0.3) is 0 Å². The highest BCUT2D eigenvalue weighted by Gasteiger charge is 2.31.